The lowest BCUT2D eigenvalue weighted by Gasteiger charge is -2.14. The van der Waals surface area contributed by atoms with Crippen LogP contribution < -0.4 is 25.1 Å². The predicted molar refractivity (Wildman–Crippen MR) is 101 cm³/mol. The van der Waals surface area contributed by atoms with Crippen molar-refractivity contribution in [1.82, 2.24) is 10.9 Å². The van der Waals surface area contributed by atoms with Gasteiger partial charge in [0.15, 0.2) is 18.1 Å². The van der Waals surface area contributed by atoms with E-state index in [1.54, 1.807) is 36.4 Å². The molecule has 2 rings (SSSR count). The molecule has 0 aromatic heterocycles. The molecule has 2 aromatic carbocycles. The van der Waals surface area contributed by atoms with Crippen LogP contribution in [0.3, 0.4) is 0 Å². The number of nitrogens with one attached hydrogen (secondary N) is 2. The minimum atomic E-state index is -0.532. The molecular weight excluding hydrogens is 372 g/mol. The maximum Gasteiger partial charge on any atom is 0.276 e. The van der Waals surface area contributed by atoms with Crippen molar-refractivity contribution in [3.63, 3.8) is 0 Å². The zero-order valence-corrected chi connectivity index (χ0v) is 16.0. The van der Waals surface area contributed by atoms with E-state index in [1.807, 2.05) is 13.8 Å². The Labute approximate surface area is 162 Å². The first kappa shape index (κ1) is 20.4. The molecule has 0 aliphatic heterocycles. The highest BCUT2D eigenvalue weighted by Gasteiger charge is 2.13. The van der Waals surface area contributed by atoms with Crippen molar-refractivity contribution in [2.45, 2.75) is 20.0 Å². The Morgan fingerprint density at radius 2 is 1.78 bits per heavy atom. The number of carbonyl (C=O) groups excluding carboxylic acids is 2. The summed E-state index contributed by atoms with van der Waals surface area (Å²) in [5.74, 6) is 0.294. The van der Waals surface area contributed by atoms with Gasteiger partial charge in [-0.2, -0.15) is 0 Å². The smallest absolute Gasteiger partial charge is 0.276 e. The standard InChI is InChI=1S/C19H21ClN2O5/c1-12(2)27-16-9-8-13(10-17(16)25-3)19(24)22-21-18(23)11-26-15-7-5-4-6-14(15)20/h4-10,12H,11H2,1-3H3,(H,21,23)(H,22,24). The van der Waals surface area contributed by atoms with Crippen molar-refractivity contribution in [3.05, 3.63) is 53.1 Å². The first-order valence-corrected chi connectivity index (χ1v) is 8.59. The molecule has 144 valence electrons. The topological polar surface area (TPSA) is 85.9 Å². The van der Waals surface area contributed by atoms with E-state index in [4.69, 9.17) is 25.8 Å². The number of benzene rings is 2. The van der Waals surface area contributed by atoms with Gasteiger partial charge in [0.25, 0.3) is 11.8 Å². The van der Waals surface area contributed by atoms with Crippen LogP contribution in [0.5, 0.6) is 17.2 Å². The third-order valence-corrected chi connectivity index (χ3v) is 3.61. The fourth-order valence-corrected chi connectivity index (χ4v) is 2.29. The van der Waals surface area contributed by atoms with Gasteiger partial charge in [0.05, 0.1) is 18.2 Å². The van der Waals surface area contributed by atoms with Crippen LogP contribution in [0.25, 0.3) is 0 Å². The highest BCUT2D eigenvalue weighted by atomic mass is 35.5. The lowest BCUT2D eigenvalue weighted by molar-refractivity contribution is -0.123. The Morgan fingerprint density at radius 1 is 1.04 bits per heavy atom. The number of carbonyl (C=O) groups is 2. The molecule has 0 fully saturated rings. The Kier molecular flexibility index (Phi) is 7.31. The number of hydrogen-bond acceptors (Lipinski definition) is 5. The van der Waals surface area contributed by atoms with E-state index >= 15 is 0 Å². The third kappa shape index (κ3) is 6.07. The first-order chi connectivity index (χ1) is 12.9. The second kappa shape index (κ2) is 9.68. The normalized spacial score (nSPS) is 10.3. The van der Waals surface area contributed by atoms with Crippen LogP contribution in [0.4, 0.5) is 0 Å². The van der Waals surface area contributed by atoms with Crippen molar-refractivity contribution in [3.8, 4) is 17.2 Å². The number of hydrazine groups is 1. The number of para-hydroxylation sites is 1. The second-order valence-corrected chi connectivity index (χ2v) is 6.16. The van der Waals surface area contributed by atoms with E-state index < -0.39 is 11.8 Å². The van der Waals surface area contributed by atoms with Crippen molar-refractivity contribution in [2.75, 3.05) is 13.7 Å². The van der Waals surface area contributed by atoms with E-state index in [9.17, 15) is 9.59 Å². The molecule has 2 amide bonds. The molecule has 0 aliphatic rings. The summed E-state index contributed by atoms with van der Waals surface area (Å²) in [4.78, 5) is 24.0. The number of halogens is 1. The molecule has 0 atom stereocenters. The number of hydrogen-bond donors (Lipinski definition) is 2. The van der Waals surface area contributed by atoms with Gasteiger partial charge in [-0.15, -0.1) is 0 Å². The molecule has 0 heterocycles. The fraction of sp³-hybridized carbons (Fsp3) is 0.263. The summed E-state index contributed by atoms with van der Waals surface area (Å²) in [6.45, 7) is 3.48. The largest absolute Gasteiger partial charge is 0.493 e. The molecule has 0 unspecified atom stereocenters. The molecule has 2 aromatic rings. The summed E-state index contributed by atoms with van der Waals surface area (Å²) in [7, 11) is 1.48. The Bertz CT molecular complexity index is 810. The lowest BCUT2D eigenvalue weighted by Crippen LogP contribution is -2.43. The van der Waals surface area contributed by atoms with Crippen LogP contribution in [-0.2, 0) is 4.79 Å². The maximum absolute atomic E-state index is 12.2. The van der Waals surface area contributed by atoms with Gasteiger partial charge in [0.2, 0.25) is 0 Å². The van der Waals surface area contributed by atoms with Gasteiger partial charge in [0, 0.05) is 5.56 Å². The summed E-state index contributed by atoms with van der Waals surface area (Å²) in [6, 6.07) is 11.5. The van der Waals surface area contributed by atoms with Crippen molar-refractivity contribution >= 4 is 23.4 Å². The second-order valence-electron chi connectivity index (χ2n) is 5.75. The molecule has 27 heavy (non-hydrogen) atoms. The van der Waals surface area contributed by atoms with Gasteiger partial charge >= 0.3 is 0 Å². The van der Waals surface area contributed by atoms with Gasteiger partial charge in [-0.1, -0.05) is 23.7 Å². The van der Waals surface area contributed by atoms with Crippen LogP contribution in [-0.4, -0.2) is 31.6 Å². The molecule has 0 radical (unpaired) electrons. The zero-order valence-electron chi connectivity index (χ0n) is 15.2. The summed E-state index contributed by atoms with van der Waals surface area (Å²) in [5.41, 5.74) is 4.89. The maximum atomic E-state index is 12.2. The molecule has 0 bridgehead atoms. The predicted octanol–water partition coefficient (Wildman–Crippen LogP) is 2.98. The summed E-state index contributed by atoms with van der Waals surface area (Å²) in [5, 5.41) is 0.394. The number of amides is 2. The third-order valence-electron chi connectivity index (χ3n) is 3.30. The average Bonchev–Trinajstić information content (AvgIpc) is 2.65. The minimum Gasteiger partial charge on any atom is -0.493 e. The number of rotatable bonds is 7. The van der Waals surface area contributed by atoms with Crippen LogP contribution >= 0.6 is 11.6 Å². The average molecular weight is 393 g/mol. The van der Waals surface area contributed by atoms with Crippen LogP contribution in [0.2, 0.25) is 5.02 Å². The van der Waals surface area contributed by atoms with Crippen molar-refractivity contribution < 1.29 is 23.8 Å². The van der Waals surface area contributed by atoms with E-state index in [2.05, 4.69) is 10.9 Å². The summed E-state index contributed by atoms with van der Waals surface area (Å²) in [6.07, 6.45) is -0.0315. The van der Waals surface area contributed by atoms with Gasteiger partial charge < -0.3 is 14.2 Å². The van der Waals surface area contributed by atoms with Gasteiger partial charge in [-0.05, 0) is 44.2 Å². The van der Waals surface area contributed by atoms with Gasteiger partial charge in [-0.25, -0.2) is 0 Å². The highest BCUT2D eigenvalue weighted by molar-refractivity contribution is 6.32. The lowest BCUT2D eigenvalue weighted by atomic mass is 10.2. The molecule has 2 N–H and O–H groups in total. The van der Waals surface area contributed by atoms with E-state index in [-0.39, 0.29) is 12.7 Å². The molecule has 0 saturated carbocycles. The van der Waals surface area contributed by atoms with Crippen LogP contribution in [0.1, 0.15) is 24.2 Å². The number of ether oxygens (including phenoxy) is 3. The Balaban J connectivity index is 1.89. The zero-order chi connectivity index (χ0) is 19.8. The Hall–Kier alpha value is -2.93. The van der Waals surface area contributed by atoms with Gasteiger partial charge in [-0.3, -0.25) is 20.4 Å². The minimum absolute atomic E-state index is 0.0315. The van der Waals surface area contributed by atoms with E-state index in [0.717, 1.165) is 0 Å². The fourth-order valence-electron chi connectivity index (χ4n) is 2.10. The number of methoxy groups -OCH3 is 1. The van der Waals surface area contributed by atoms with E-state index in [1.165, 1.54) is 13.2 Å². The molecule has 0 saturated heterocycles. The molecule has 0 spiro atoms. The van der Waals surface area contributed by atoms with Crippen molar-refractivity contribution in [1.29, 1.82) is 0 Å². The quantitative estimate of drug-likeness (QED) is 0.707. The van der Waals surface area contributed by atoms with Crippen molar-refractivity contribution in [2.24, 2.45) is 0 Å². The van der Waals surface area contributed by atoms with Crippen LogP contribution in [0, 0.1) is 0 Å². The molecule has 0 aliphatic carbocycles. The monoisotopic (exact) mass is 392 g/mol. The summed E-state index contributed by atoms with van der Waals surface area (Å²) < 4.78 is 16.1. The summed E-state index contributed by atoms with van der Waals surface area (Å²) >= 11 is 5.94. The van der Waals surface area contributed by atoms with Gasteiger partial charge in [0.1, 0.15) is 5.75 Å². The van der Waals surface area contributed by atoms with E-state index in [0.29, 0.717) is 27.8 Å². The molecule has 8 heteroatoms. The highest BCUT2D eigenvalue weighted by Crippen LogP contribution is 2.29. The first-order valence-electron chi connectivity index (χ1n) is 8.22. The molecular formula is C19H21ClN2O5. The van der Waals surface area contributed by atoms with Crippen LogP contribution in [0.15, 0.2) is 42.5 Å². The molecule has 7 nitrogen and oxygen atoms in total. The SMILES string of the molecule is COc1cc(C(=O)NNC(=O)COc2ccccc2Cl)ccc1OC(C)C. The Morgan fingerprint density at radius 3 is 2.44 bits per heavy atom.